The summed E-state index contributed by atoms with van der Waals surface area (Å²) < 4.78 is 0. The fourth-order valence-corrected chi connectivity index (χ4v) is 0.809. The van der Waals surface area contributed by atoms with Gasteiger partial charge in [0.25, 0.3) is 0 Å². The molecule has 0 aliphatic carbocycles. The van der Waals surface area contributed by atoms with Crippen LogP contribution >= 0.6 is 0 Å². The second-order valence-electron chi connectivity index (χ2n) is 2.45. The molecular weight excluding hydrogens is 182 g/mol. The minimum atomic E-state index is -1.08. The predicted molar refractivity (Wildman–Crippen MR) is 50.9 cm³/mol. The summed E-state index contributed by atoms with van der Waals surface area (Å²) in [5.74, 6) is 1.64. The molecule has 1 rings (SSSR count). The molecule has 5 heteroatoms. The molecular formula is C9H9N3O2. The van der Waals surface area contributed by atoms with Crippen LogP contribution in [0.1, 0.15) is 16.9 Å². The van der Waals surface area contributed by atoms with Crippen LogP contribution in [-0.4, -0.2) is 27.6 Å². The largest absolute Gasteiger partial charge is 0.477 e. The van der Waals surface area contributed by atoms with E-state index in [9.17, 15) is 4.79 Å². The topological polar surface area (TPSA) is 75.1 Å². The predicted octanol–water partition coefficient (Wildman–Crippen LogP) is 0.610. The lowest BCUT2D eigenvalue weighted by molar-refractivity contribution is 0.0690. The third-order valence-electron chi connectivity index (χ3n) is 1.43. The maximum absolute atomic E-state index is 10.5. The van der Waals surface area contributed by atoms with Gasteiger partial charge >= 0.3 is 5.97 Å². The molecule has 0 aromatic carbocycles. The van der Waals surface area contributed by atoms with E-state index in [1.165, 1.54) is 12.3 Å². The first-order chi connectivity index (χ1) is 6.74. The Morgan fingerprint density at radius 2 is 2.50 bits per heavy atom. The van der Waals surface area contributed by atoms with Crippen molar-refractivity contribution in [2.24, 2.45) is 0 Å². The molecule has 5 nitrogen and oxygen atoms in total. The summed E-state index contributed by atoms with van der Waals surface area (Å²) >= 11 is 0. The molecule has 1 aromatic rings. The van der Waals surface area contributed by atoms with Crippen LogP contribution in [0.3, 0.4) is 0 Å². The number of nitrogens with one attached hydrogen (secondary N) is 1. The van der Waals surface area contributed by atoms with Crippen molar-refractivity contribution in [2.45, 2.75) is 6.42 Å². The Morgan fingerprint density at radius 1 is 1.71 bits per heavy atom. The molecule has 0 atom stereocenters. The zero-order valence-corrected chi connectivity index (χ0v) is 7.40. The molecule has 0 bridgehead atoms. The lowest BCUT2D eigenvalue weighted by Crippen LogP contribution is -2.08. The fourth-order valence-electron chi connectivity index (χ4n) is 0.809. The van der Waals surface area contributed by atoms with Crippen LogP contribution in [0.2, 0.25) is 0 Å². The number of nitrogens with zero attached hydrogens (tertiary/aromatic N) is 2. The Kier molecular flexibility index (Phi) is 3.44. The Bertz CT molecular complexity index is 371. The van der Waals surface area contributed by atoms with E-state index in [1.54, 1.807) is 0 Å². The highest BCUT2D eigenvalue weighted by Crippen LogP contribution is 1.99. The van der Waals surface area contributed by atoms with Crippen molar-refractivity contribution in [1.29, 1.82) is 0 Å². The van der Waals surface area contributed by atoms with Gasteiger partial charge < -0.3 is 10.4 Å². The summed E-state index contributed by atoms with van der Waals surface area (Å²) in [7, 11) is 0. The molecule has 1 aromatic heterocycles. The van der Waals surface area contributed by atoms with Gasteiger partial charge in [-0.05, 0) is 6.07 Å². The molecule has 0 saturated carbocycles. The average molecular weight is 191 g/mol. The van der Waals surface area contributed by atoms with Gasteiger partial charge in [-0.1, -0.05) is 0 Å². The first-order valence-corrected chi connectivity index (χ1v) is 3.97. The first kappa shape index (κ1) is 9.99. The lowest BCUT2D eigenvalue weighted by Gasteiger charge is -2.01. The number of carboxylic acids is 1. The average Bonchev–Trinajstić information content (AvgIpc) is 2.19. The molecule has 0 saturated heterocycles. The van der Waals surface area contributed by atoms with Gasteiger partial charge in [0, 0.05) is 19.2 Å². The Morgan fingerprint density at radius 3 is 3.14 bits per heavy atom. The highest BCUT2D eigenvalue weighted by molar-refractivity contribution is 5.85. The molecule has 0 fully saturated rings. The molecule has 72 valence electrons. The molecule has 2 N–H and O–H groups in total. The van der Waals surface area contributed by atoms with Crippen LogP contribution in [-0.2, 0) is 0 Å². The zero-order valence-electron chi connectivity index (χ0n) is 7.40. The van der Waals surface area contributed by atoms with Crippen molar-refractivity contribution < 1.29 is 9.90 Å². The van der Waals surface area contributed by atoms with E-state index in [2.05, 4.69) is 21.2 Å². The van der Waals surface area contributed by atoms with Gasteiger partial charge in [-0.2, -0.15) is 0 Å². The van der Waals surface area contributed by atoms with E-state index in [4.69, 9.17) is 11.5 Å². The molecule has 0 aliphatic heterocycles. The highest BCUT2D eigenvalue weighted by atomic mass is 16.4. The Labute approximate surface area is 81.2 Å². The van der Waals surface area contributed by atoms with Crippen molar-refractivity contribution in [3.8, 4) is 12.3 Å². The van der Waals surface area contributed by atoms with E-state index >= 15 is 0 Å². The van der Waals surface area contributed by atoms with Gasteiger partial charge in [0.1, 0.15) is 0 Å². The SMILES string of the molecule is C#CCCNc1nccc(C(=O)O)n1. The van der Waals surface area contributed by atoms with Gasteiger partial charge in [-0.3, -0.25) is 0 Å². The molecule has 0 unspecified atom stereocenters. The van der Waals surface area contributed by atoms with Crippen LogP contribution < -0.4 is 5.32 Å². The number of carbonyl (C=O) groups is 1. The van der Waals surface area contributed by atoms with Gasteiger partial charge in [0.15, 0.2) is 5.69 Å². The van der Waals surface area contributed by atoms with Gasteiger partial charge in [0.05, 0.1) is 0 Å². The molecule has 0 aliphatic rings. The number of aromatic carboxylic acids is 1. The highest BCUT2D eigenvalue weighted by Gasteiger charge is 2.04. The maximum atomic E-state index is 10.5. The van der Waals surface area contributed by atoms with Crippen LogP contribution in [0, 0.1) is 12.3 Å². The van der Waals surface area contributed by atoms with Gasteiger partial charge in [-0.15, -0.1) is 12.3 Å². The fraction of sp³-hybridized carbons (Fsp3) is 0.222. The maximum Gasteiger partial charge on any atom is 0.354 e. The van der Waals surface area contributed by atoms with Crippen molar-refractivity contribution in [3.05, 3.63) is 18.0 Å². The molecule has 0 amide bonds. The minimum absolute atomic E-state index is 0.0387. The molecule has 1 heterocycles. The van der Waals surface area contributed by atoms with Crippen LogP contribution in [0.5, 0.6) is 0 Å². The van der Waals surface area contributed by atoms with Crippen LogP contribution in [0.25, 0.3) is 0 Å². The monoisotopic (exact) mass is 191 g/mol. The number of hydrogen-bond donors (Lipinski definition) is 2. The number of terminal acetylenes is 1. The van der Waals surface area contributed by atoms with Crippen molar-refractivity contribution in [1.82, 2.24) is 9.97 Å². The van der Waals surface area contributed by atoms with Crippen molar-refractivity contribution >= 4 is 11.9 Å². The van der Waals surface area contributed by atoms with E-state index in [-0.39, 0.29) is 11.6 Å². The zero-order chi connectivity index (χ0) is 10.4. The second-order valence-corrected chi connectivity index (χ2v) is 2.45. The van der Waals surface area contributed by atoms with E-state index in [1.807, 2.05) is 0 Å². The van der Waals surface area contributed by atoms with Gasteiger partial charge in [-0.25, -0.2) is 14.8 Å². The molecule has 0 radical (unpaired) electrons. The summed E-state index contributed by atoms with van der Waals surface area (Å²) in [5.41, 5.74) is -0.0387. The van der Waals surface area contributed by atoms with E-state index < -0.39 is 5.97 Å². The summed E-state index contributed by atoms with van der Waals surface area (Å²) in [4.78, 5) is 18.1. The summed E-state index contributed by atoms with van der Waals surface area (Å²) in [5, 5.41) is 11.4. The van der Waals surface area contributed by atoms with Crippen LogP contribution in [0.15, 0.2) is 12.3 Å². The smallest absolute Gasteiger partial charge is 0.354 e. The number of aromatic nitrogens is 2. The number of hydrogen-bond acceptors (Lipinski definition) is 4. The number of rotatable bonds is 4. The first-order valence-electron chi connectivity index (χ1n) is 3.97. The van der Waals surface area contributed by atoms with Crippen LogP contribution in [0.4, 0.5) is 5.95 Å². The summed E-state index contributed by atoms with van der Waals surface area (Å²) in [6.07, 6.45) is 6.97. The van der Waals surface area contributed by atoms with Crippen molar-refractivity contribution in [2.75, 3.05) is 11.9 Å². The quantitative estimate of drug-likeness (QED) is 0.538. The normalized spacial score (nSPS) is 9.07. The third kappa shape index (κ3) is 2.75. The minimum Gasteiger partial charge on any atom is -0.477 e. The lowest BCUT2D eigenvalue weighted by atomic mass is 10.4. The summed E-state index contributed by atoms with van der Waals surface area (Å²) in [6, 6.07) is 1.33. The Balaban J connectivity index is 2.65. The van der Waals surface area contributed by atoms with E-state index in [0.717, 1.165) is 0 Å². The second kappa shape index (κ2) is 4.82. The number of anilines is 1. The Hall–Kier alpha value is -2.09. The number of carboxylic acid groups (broad SMARTS) is 1. The van der Waals surface area contributed by atoms with Crippen molar-refractivity contribution in [3.63, 3.8) is 0 Å². The van der Waals surface area contributed by atoms with E-state index in [0.29, 0.717) is 13.0 Å². The molecule has 0 spiro atoms. The molecule has 14 heavy (non-hydrogen) atoms. The standard InChI is InChI=1S/C9H9N3O2/c1-2-3-5-10-9-11-6-4-7(12-9)8(13)14/h1,4,6H,3,5H2,(H,13,14)(H,10,11,12). The third-order valence-corrected chi connectivity index (χ3v) is 1.43. The summed E-state index contributed by atoms with van der Waals surface area (Å²) in [6.45, 7) is 0.527. The van der Waals surface area contributed by atoms with Gasteiger partial charge in [0.2, 0.25) is 5.95 Å².